The molecule has 0 aliphatic rings. The van der Waals surface area contributed by atoms with E-state index < -0.39 is 5.97 Å². The van der Waals surface area contributed by atoms with Gasteiger partial charge in [-0.05, 0) is 25.0 Å². The summed E-state index contributed by atoms with van der Waals surface area (Å²) in [6.07, 6.45) is 4.03. The van der Waals surface area contributed by atoms with E-state index >= 15 is 0 Å². The summed E-state index contributed by atoms with van der Waals surface area (Å²) in [6.45, 7) is -0.298. The van der Waals surface area contributed by atoms with Crippen LogP contribution in [0.4, 0.5) is 0 Å². The largest absolute Gasteiger partial charge is 0.480 e. The molecule has 0 fully saturated rings. The van der Waals surface area contributed by atoms with E-state index in [4.69, 9.17) is 5.11 Å². The first-order chi connectivity index (χ1) is 7.56. The number of carbonyl (C=O) groups is 2. The number of hydrogen-bond donors (Lipinski definition) is 4. The van der Waals surface area contributed by atoms with Gasteiger partial charge in [-0.25, -0.2) is 0 Å². The summed E-state index contributed by atoms with van der Waals surface area (Å²) in [5.74, 6) is -0.391. The summed E-state index contributed by atoms with van der Waals surface area (Å²) in [4.78, 5) is 21.3. The fraction of sp³-hybridized carbons (Fsp3) is 0.800. The summed E-state index contributed by atoms with van der Waals surface area (Å²) >= 11 is 8.49. The third-order valence-electron chi connectivity index (χ3n) is 2.09. The molecule has 1 amide bonds. The van der Waals surface area contributed by atoms with Gasteiger partial charge in [0.25, 0.3) is 0 Å². The maximum atomic E-state index is 11.1. The van der Waals surface area contributed by atoms with Gasteiger partial charge in [-0.15, -0.1) is 0 Å². The van der Waals surface area contributed by atoms with Gasteiger partial charge in [-0.2, -0.15) is 25.3 Å². The number of carboxylic acid groups (broad SMARTS) is 1. The molecule has 0 aromatic rings. The molecule has 0 saturated carbocycles. The molecule has 0 bridgehead atoms. The van der Waals surface area contributed by atoms with Crippen LogP contribution < -0.4 is 5.32 Å². The van der Waals surface area contributed by atoms with Gasteiger partial charge >= 0.3 is 5.97 Å². The standard InChI is InChI=1S/C10H19NO3S2.Na/c12-9(11-7-10(13)14)4-2-1-3-8(16)5-6-15;/h8,15-16H,1-7H2,(H,11,12)(H,13,14);. The van der Waals surface area contributed by atoms with E-state index in [1.807, 2.05) is 0 Å². The first kappa shape index (κ1) is 20.0. The normalized spacial score (nSPS) is 11.4. The minimum Gasteiger partial charge on any atom is -0.480 e. The van der Waals surface area contributed by atoms with Crippen LogP contribution >= 0.6 is 25.3 Å². The number of rotatable bonds is 9. The predicted octanol–water partition coefficient (Wildman–Crippen LogP) is 0.985. The van der Waals surface area contributed by atoms with Gasteiger partial charge in [0.15, 0.2) is 0 Å². The third-order valence-corrected chi connectivity index (χ3v) is 2.86. The fourth-order valence-electron chi connectivity index (χ4n) is 1.22. The van der Waals surface area contributed by atoms with Crippen LogP contribution in [0.15, 0.2) is 0 Å². The van der Waals surface area contributed by atoms with Crippen molar-refractivity contribution < 1.29 is 14.7 Å². The van der Waals surface area contributed by atoms with Crippen molar-refractivity contribution in [2.24, 2.45) is 0 Å². The Kier molecular flexibility index (Phi) is 15.4. The maximum absolute atomic E-state index is 11.1. The van der Waals surface area contributed by atoms with Crippen molar-refractivity contribution in [2.75, 3.05) is 12.3 Å². The number of carboxylic acids is 1. The Morgan fingerprint density at radius 3 is 2.41 bits per heavy atom. The summed E-state index contributed by atoms with van der Waals surface area (Å²) in [7, 11) is 0. The second kappa shape index (κ2) is 13.1. The van der Waals surface area contributed by atoms with E-state index in [1.165, 1.54) is 0 Å². The van der Waals surface area contributed by atoms with E-state index in [0.717, 1.165) is 31.4 Å². The van der Waals surface area contributed by atoms with Crippen molar-refractivity contribution >= 4 is 66.7 Å². The van der Waals surface area contributed by atoms with Crippen LogP contribution in [0.1, 0.15) is 32.1 Å². The van der Waals surface area contributed by atoms with Crippen molar-refractivity contribution in [2.45, 2.75) is 37.4 Å². The van der Waals surface area contributed by atoms with Crippen molar-refractivity contribution in [1.82, 2.24) is 5.32 Å². The number of carbonyl (C=O) groups excluding carboxylic acids is 1. The Morgan fingerprint density at radius 2 is 1.88 bits per heavy atom. The Labute approximate surface area is 135 Å². The maximum Gasteiger partial charge on any atom is 0.322 e. The Morgan fingerprint density at radius 1 is 1.24 bits per heavy atom. The molecule has 17 heavy (non-hydrogen) atoms. The predicted molar refractivity (Wildman–Crippen MR) is 76.1 cm³/mol. The molecule has 2 N–H and O–H groups in total. The second-order valence-electron chi connectivity index (χ2n) is 3.58. The monoisotopic (exact) mass is 288 g/mol. The minimum absolute atomic E-state index is 0. The SMILES string of the molecule is O=C(O)CNC(=O)CCCCC(S)CCS.[Na]. The second-order valence-corrected chi connectivity index (χ2v) is 4.76. The molecular weight excluding hydrogens is 269 g/mol. The molecule has 0 spiro atoms. The first-order valence-electron chi connectivity index (χ1n) is 5.33. The quantitative estimate of drug-likeness (QED) is 0.290. The van der Waals surface area contributed by atoms with E-state index in [1.54, 1.807) is 0 Å². The van der Waals surface area contributed by atoms with Crippen LogP contribution in [-0.4, -0.2) is 64.1 Å². The van der Waals surface area contributed by atoms with Crippen LogP contribution in [0.25, 0.3) is 0 Å². The molecule has 0 rings (SSSR count). The molecule has 1 radical (unpaired) electrons. The molecule has 0 heterocycles. The van der Waals surface area contributed by atoms with Gasteiger partial charge in [0, 0.05) is 41.2 Å². The number of thiol groups is 2. The Balaban J connectivity index is 0. The van der Waals surface area contributed by atoms with Gasteiger partial charge < -0.3 is 10.4 Å². The minimum atomic E-state index is -1.02. The molecule has 0 aliphatic heterocycles. The third kappa shape index (κ3) is 14.6. The van der Waals surface area contributed by atoms with Crippen molar-refractivity contribution in [3.8, 4) is 0 Å². The number of amides is 1. The number of unbranched alkanes of at least 4 members (excludes halogenated alkanes) is 1. The van der Waals surface area contributed by atoms with Gasteiger partial charge in [0.1, 0.15) is 6.54 Å². The summed E-state index contributed by atoms with van der Waals surface area (Å²) < 4.78 is 0. The van der Waals surface area contributed by atoms with E-state index in [2.05, 4.69) is 30.6 Å². The molecule has 1 unspecified atom stereocenters. The molecule has 95 valence electrons. The van der Waals surface area contributed by atoms with Crippen LogP contribution in [-0.2, 0) is 9.59 Å². The topological polar surface area (TPSA) is 66.4 Å². The number of hydrogen-bond acceptors (Lipinski definition) is 4. The van der Waals surface area contributed by atoms with E-state index in [9.17, 15) is 9.59 Å². The van der Waals surface area contributed by atoms with E-state index in [-0.39, 0.29) is 42.0 Å². The zero-order valence-electron chi connectivity index (χ0n) is 10.2. The molecular formula is C10H19NNaO3S2. The molecule has 0 aliphatic carbocycles. The van der Waals surface area contributed by atoms with Crippen LogP contribution in [0.2, 0.25) is 0 Å². The molecule has 1 atom stereocenters. The zero-order valence-corrected chi connectivity index (χ0v) is 14.0. The number of nitrogens with one attached hydrogen (secondary N) is 1. The van der Waals surface area contributed by atoms with Crippen molar-refractivity contribution in [3.05, 3.63) is 0 Å². The zero-order chi connectivity index (χ0) is 12.4. The Bertz CT molecular complexity index is 230. The Hall–Kier alpha value is 0.640. The number of aliphatic carboxylic acids is 1. The van der Waals surface area contributed by atoms with Crippen molar-refractivity contribution in [1.29, 1.82) is 0 Å². The van der Waals surface area contributed by atoms with Gasteiger partial charge in [0.2, 0.25) is 5.91 Å². The first-order valence-corrected chi connectivity index (χ1v) is 6.48. The summed E-state index contributed by atoms with van der Waals surface area (Å²) in [6, 6.07) is 0. The smallest absolute Gasteiger partial charge is 0.322 e. The van der Waals surface area contributed by atoms with Crippen LogP contribution in [0, 0.1) is 0 Å². The average Bonchev–Trinajstić information content (AvgIpc) is 2.22. The molecule has 7 heteroatoms. The van der Waals surface area contributed by atoms with Crippen LogP contribution in [0.3, 0.4) is 0 Å². The fourth-order valence-corrected chi connectivity index (χ4v) is 2.05. The van der Waals surface area contributed by atoms with Crippen LogP contribution in [0.5, 0.6) is 0 Å². The average molecular weight is 288 g/mol. The molecule has 0 aromatic heterocycles. The summed E-state index contributed by atoms with van der Waals surface area (Å²) in [5, 5.41) is 11.0. The summed E-state index contributed by atoms with van der Waals surface area (Å²) in [5.41, 5.74) is 0. The van der Waals surface area contributed by atoms with Gasteiger partial charge in [-0.1, -0.05) is 6.42 Å². The van der Waals surface area contributed by atoms with Gasteiger partial charge in [0.05, 0.1) is 0 Å². The van der Waals surface area contributed by atoms with Gasteiger partial charge in [-0.3, -0.25) is 9.59 Å². The van der Waals surface area contributed by atoms with Crippen molar-refractivity contribution in [3.63, 3.8) is 0 Å². The van der Waals surface area contributed by atoms with E-state index in [0.29, 0.717) is 11.7 Å². The molecule has 0 saturated heterocycles. The molecule has 0 aromatic carbocycles. The molecule has 4 nitrogen and oxygen atoms in total.